The molecule has 1 aromatic heterocycles. The van der Waals surface area contributed by atoms with Crippen LogP contribution in [0.3, 0.4) is 0 Å². The van der Waals surface area contributed by atoms with Gasteiger partial charge in [-0.2, -0.15) is 11.8 Å². The van der Waals surface area contributed by atoms with E-state index in [0.717, 1.165) is 50.6 Å². The average Bonchev–Trinajstić information content (AvgIpc) is 2.62. The van der Waals surface area contributed by atoms with Crippen LogP contribution in [0.2, 0.25) is 0 Å². The zero-order valence-electron chi connectivity index (χ0n) is 14.2. The fraction of sp³-hybridized carbons (Fsp3) is 0.647. The lowest BCUT2D eigenvalue weighted by Gasteiger charge is -2.36. The summed E-state index contributed by atoms with van der Waals surface area (Å²) in [6.07, 6.45) is 3.64. The fourth-order valence-electron chi connectivity index (χ4n) is 2.85. The largest absolute Gasteiger partial charge is 0.332 e. The molecule has 1 saturated heterocycles. The van der Waals surface area contributed by atoms with Gasteiger partial charge < -0.3 is 15.1 Å². The molecule has 1 aliphatic heterocycles. The topological polar surface area (TPSA) is 48.5 Å². The van der Waals surface area contributed by atoms with Crippen LogP contribution in [0.1, 0.15) is 25.5 Å². The molecule has 1 N–H and O–H groups in total. The molecule has 1 aliphatic rings. The van der Waals surface area contributed by atoms with Crippen LogP contribution in [0.4, 0.5) is 0 Å². The number of thioether (sulfide) groups is 1. The second kappa shape index (κ2) is 9.90. The van der Waals surface area contributed by atoms with Gasteiger partial charge in [0.1, 0.15) is 0 Å². The summed E-state index contributed by atoms with van der Waals surface area (Å²) in [5.74, 6) is 1.82. The lowest BCUT2D eigenvalue weighted by molar-refractivity contribution is -0.131. The van der Waals surface area contributed by atoms with Crippen molar-refractivity contribution in [2.75, 3.05) is 50.8 Å². The Morgan fingerprint density at radius 1 is 1.48 bits per heavy atom. The van der Waals surface area contributed by atoms with E-state index in [1.807, 2.05) is 17.2 Å². The third kappa shape index (κ3) is 5.48. The number of hydrogen-bond acceptors (Lipinski definition) is 5. The molecule has 128 valence electrons. The van der Waals surface area contributed by atoms with E-state index < -0.39 is 0 Å². The molecule has 0 bridgehead atoms. The van der Waals surface area contributed by atoms with Crippen molar-refractivity contribution in [2.45, 2.75) is 19.9 Å². The minimum absolute atomic E-state index is 0.105. The van der Waals surface area contributed by atoms with Gasteiger partial charge in [-0.3, -0.25) is 9.78 Å². The van der Waals surface area contributed by atoms with Gasteiger partial charge in [0.15, 0.2) is 0 Å². The predicted molar refractivity (Wildman–Crippen MR) is 96.7 cm³/mol. The third-order valence-corrected chi connectivity index (χ3v) is 5.23. The minimum Gasteiger partial charge on any atom is -0.332 e. The molecule has 1 fully saturated rings. The van der Waals surface area contributed by atoms with Crippen LogP contribution < -0.4 is 5.32 Å². The molecule has 5 nitrogen and oxygen atoms in total. The van der Waals surface area contributed by atoms with Crippen LogP contribution in [-0.2, 0) is 4.79 Å². The van der Waals surface area contributed by atoms with Crippen LogP contribution in [0, 0.1) is 0 Å². The Kier molecular flexibility index (Phi) is 7.85. The Hall–Kier alpha value is -1.11. The van der Waals surface area contributed by atoms with Gasteiger partial charge in [-0.05, 0) is 24.7 Å². The highest BCUT2D eigenvalue weighted by Crippen LogP contribution is 2.22. The van der Waals surface area contributed by atoms with E-state index in [9.17, 15) is 4.79 Å². The standard InChI is InChI=1S/C17H28N4OS/c1-3-20(4-2)10-11-23-14-17(22)21-9-8-19-13-16(21)15-6-5-7-18-12-15/h5-7,12,16,19H,3-4,8-11,13-14H2,1-2H3. The Morgan fingerprint density at radius 3 is 3.00 bits per heavy atom. The first-order valence-electron chi connectivity index (χ1n) is 8.46. The van der Waals surface area contributed by atoms with E-state index in [2.05, 4.69) is 35.1 Å². The van der Waals surface area contributed by atoms with Gasteiger partial charge in [-0.25, -0.2) is 0 Å². The molecule has 1 amide bonds. The Morgan fingerprint density at radius 2 is 2.30 bits per heavy atom. The van der Waals surface area contributed by atoms with Crippen molar-refractivity contribution in [2.24, 2.45) is 0 Å². The van der Waals surface area contributed by atoms with Crippen LogP contribution in [0.5, 0.6) is 0 Å². The van der Waals surface area contributed by atoms with Crippen LogP contribution in [0.25, 0.3) is 0 Å². The number of amides is 1. The summed E-state index contributed by atoms with van der Waals surface area (Å²) < 4.78 is 0. The Bertz CT molecular complexity index is 467. The summed E-state index contributed by atoms with van der Waals surface area (Å²) >= 11 is 1.74. The van der Waals surface area contributed by atoms with Gasteiger partial charge in [0, 0.05) is 44.3 Å². The maximum Gasteiger partial charge on any atom is 0.233 e. The van der Waals surface area contributed by atoms with Crippen molar-refractivity contribution in [1.82, 2.24) is 20.1 Å². The average molecular weight is 337 g/mol. The highest BCUT2D eigenvalue weighted by Gasteiger charge is 2.27. The minimum atomic E-state index is 0.105. The molecule has 6 heteroatoms. The number of nitrogens with zero attached hydrogens (tertiary/aromatic N) is 3. The zero-order chi connectivity index (χ0) is 16.5. The molecule has 2 heterocycles. The molecule has 0 spiro atoms. The number of nitrogens with one attached hydrogen (secondary N) is 1. The molecular formula is C17H28N4OS. The highest BCUT2D eigenvalue weighted by atomic mass is 32.2. The number of pyridine rings is 1. The number of rotatable bonds is 8. The summed E-state index contributed by atoms with van der Waals surface area (Å²) in [4.78, 5) is 21.2. The molecule has 1 atom stereocenters. The Labute approximate surface area is 143 Å². The summed E-state index contributed by atoms with van der Waals surface area (Å²) in [5, 5.41) is 3.38. The third-order valence-electron chi connectivity index (χ3n) is 4.30. The van der Waals surface area contributed by atoms with Crippen molar-refractivity contribution in [3.63, 3.8) is 0 Å². The molecule has 0 aromatic carbocycles. The maximum atomic E-state index is 12.6. The monoisotopic (exact) mass is 336 g/mol. The van der Waals surface area contributed by atoms with Crippen molar-refractivity contribution >= 4 is 17.7 Å². The second-order valence-corrected chi connectivity index (χ2v) is 6.78. The first-order chi connectivity index (χ1) is 11.3. The molecule has 0 aliphatic carbocycles. The van der Waals surface area contributed by atoms with Crippen LogP contribution in [-0.4, -0.2) is 71.5 Å². The van der Waals surface area contributed by atoms with Gasteiger partial charge in [-0.1, -0.05) is 19.9 Å². The van der Waals surface area contributed by atoms with E-state index in [0.29, 0.717) is 5.75 Å². The van der Waals surface area contributed by atoms with E-state index in [-0.39, 0.29) is 11.9 Å². The zero-order valence-corrected chi connectivity index (χ0v) is 15.0. The molecule has 23 heavy (non-hydrogen) atoms. The Balaban J connectivity index is 1.84. The van der Waals surface area contributed by atoms with Gasteiger partial charge in [0.05, 0.1) is 11.8 Å². The predicted octanol–water partition coefficient (Wildman–Crippen LogP) is 1.63. The quantitative estimate of drug-likeness (QED) is 0.731. The summed E-state index contributed by atoms with van der Waals surface area (Å²) in [6.45, 7) is 10.0. The molecule has 2 rings (SSSR count). The van der Waals surface area contributed by atoms with E-state index in [1.165, 1.54) is 0 Å². The lowest BCUT2D eigenvalue weighted by atomic mass is 10.1. The van der Waals surface area contributed by atoms with Crippen molar-refractivity contribution in [3.8, 4) is 0 Å². The molecule has 0 saturated carbocycles. The lowest BCUT2D eigenvalue weighted by Crippen LogP contribution is -2.49. The number of carbonyl (C=O) groups is 1. The van der Waals surface area contributed by atoms with E-state index >= 15 is 0 Å². The van der Waals surface area contributed by atoms with Crippen LogP contribution >= 0.6 is 11.8 Å². The number of piperazine rings is 1. The molecule has 0 radical (unpaired) electrons. The van der Waals surface area contributed by atoms with Crippen molar-refractivity contribution in [1.29, 1.82) is 0 Å². The smallest absolute Gasteiger partial charge is 0.233 e. The highest BCUT2D eigenvalue weighted by molar-refractivity contribution is 7.99. The summed E-state index contributed by atoms with van der Waals surface area (Å²) in [7, 11) is 0. The number of carbonyl (C=O) groups excluding carboxylic acids is 1. The van der Waals surface area contributed by atoms with Crippen LogP contribution in [0.15, 0.2) is 24.5 Å². The molecule has 1 aromatic rings. The first-order valence-corrected chi connectivity index (χ1v) is 9.62. The number of aromatic nitrogens is 1. The second-order valence-electron chi connectivity index (χ2n) is 5.67. The van der Waals surface area contributed by atoms with Gasteiger partial charge in [0.2, 0.25) is 5.91 Å². The van der Waals surface area contributed by atoms with E-state index in [4.69, 9.17) is 0 Å². The molecule has 1 unspecified atom stereocenters. The SMILES string of the molecule is CCN(CC)CCSCC(=O)N1CCNCC1c1cccnc1. The van der Waals surface area contributed by atoms with E-state index in [1.54, 1.807) is 18.0 Å². The summed E-state index contributed by atoms with van der Waals surface area (Å²) in [5.41, 5.74) is 1.11. The summed E-state index contributed by atoms with van der Waals surface area (Å²) in [6, 6.07) is 4.09. The normalized spacial score (nSPS) is 18.4. The van der Waals surface area contributed by atoms with Crippen molar-refractivity contribution in [3.05, 3.63) is 30.1 Å². The fourth-order valence-corrected chi connectivity index (χ4v) is 3.72. The maximum absolute atomic E-state index is 12.6. The molecular weight excluding hydrogens is 308 g/mol. The number of hydrogen-bond donors (Lipinski definition) is 1. The van der Waals surface area contributed by atoms with Gasteiger partial charge >= 0.3 is 0 Å². The first kappa shape index (κ1) is 18.2. The van der Waals surface area contributed by atoms with Gasteiger partial charge in [-0.15, -0.1) is 0 Å². The van der Waals surface area contributed by atoms with Gasteiger partial charge in [0.25, 0.3) is 0 Å². The van der Waals surface area contributed by atoms with Crippen molar-refractivity contribution < 1.29 is 4.79 Å².